The van der Waals surface area contributed by atoms with Crippen LogP contribution in [0.5, 0.6) is 0 Å². The van der Waals surface area contributed by atoms with Crippen LogP contribution in [0, 0.1) is 10.1 Å². The number of benzene rings is 2. The summed E-state index contributed by atoms with van der Waals surface area (Å²) in [7, 11) is -3.89. The fourth-order valence-corrected chi connectivity index (χ4v) is 3.13. The third-order valence-corrected chi connectivity index (χ3v) is 4.76. The molecule has 0 saturated heterocycles. The lowest BCUT2D eigenvalue weighted by Crippen LogP contribution is -2.15. The fraction of sp³-hybridized carbons (Fsp3) is 0.250. The first-order chi connectivity index (χ1) is 10.6. The van der Waals surface area contributed by atoms with Crippen molar-refractivity contribution in [3.05, 3.63) is 64.2 Å². The summed E-state index contributed by atoms with van der Waals surface area (Å²) in [4.78, 5) is 10.4. The molecule has 2 aromatic carbocycles. The third kappa shape index (κ3) is 3.87. The fourth-order valence-electron chi connectivity index (χ4n) is 2.06. The van der Waals surface area contributed by atoms with Crippen molar-refractivity contribution in [1.29, 1.82) is 0 Å². The van der Waals surface area contributed by atoms with E-state index in [4.69, 9.17) is 0 Å². The Morgan fingerprint density at radius 1 is 1.00 bits per heavy atom. The Bertz CT molecular complexity index is 822. The Morgan fingerprint density at radius 3 is 2.09 bits per heavy atom. The van der Waals surface area contributed by atoms with Gasteiger partial charge in [-0.1, -0.05) is 45.0 Å². The van der Waals surface area contributed by atoms with Gasteiger partial charge in [-0.2, -0.15) is 0 Å². The zero-order valence-corrected chi connectivity index (χ0v) is 13.9. The maximum Gasteiger partial charge on any atom is 0.293 e. The number of sulfonamides is 1. The SMILES string of the molecule is CC(C)(C)c1ccc(S(=O)(=O)Nc2ccccc2[N+](=O)[O-])cc1. The maximum atomic E-state index is 12.4. The molecule has 0 aliphatic rings. The average Bonchev–Trinajstić information content (AvgIpc) is 2.46. The van der Waals surface area contributed by atoms with E-state index in [1.165, 1.54) is 36.4 Å². The molecule has 2 aromatic rings. The minimum atomic E-state index is -3.89. The highest BCUT2D eigenvalue weighted by atomic mass is 32.2. The smallest absolute Gasteiger partial charge is 0.273 e. The van der Waals surface area contributed by atoms with E-state index in [1.807, 2.05) is 20.8 Å². The predicted octanol–water partition coefficient (Wildman–Crippen LogP) is 3.69. The second-order valence-corrected chi connectivity index (χ2v) is 7.84. The van der Waals surface area contributed by atoms with Crippen LogP contribution in [0.4, 0.5) is 11.4 Å². The lowest BCUT2D eigenvalue weighted by Gasteiger charge is -2.19. The monoisotopic (exact) mass is 334 g/mol. The van der Waals surface area contributed by atoms with E-state index in [1.54, 1.807) is 12.1 Å². The van der Waals surface area contributed by atoms with Crippen molar-refractivity contribution in [2.24, 2.45) is 0 Å². The summed E-state index contributed by atoms with van der Waals surface area (Å²) in [6.07, 6.45) is 0. The number of nitro groups is 1. The summed E-state index contributed by atoms with van der Waals surface area (Å²) < 4.78 is 27.1. The number of nitrogens with one attached hydrogen (secondary N) is 1. The van der Waals surface area contributed by atoms with Crippen LogP contribution in [0.15, 0.2) is 53.4 Å². The molecule has 23 heavy (non-hydrogen) atoms. The van der Waals surface area contributed by atoms with Crippen LogP contribution >= 0.6 is 0 Å². The van der Waals surface area contributed by atoms with Crippen molar-refractivity contribution in [3.8, 4) is 0 Å². The van der Waals surface area contributed by atoms with Gasteiger partial charge in [0.1, 0.15) is 5.69 Å². The molecule has 122 valence electrons. The van der Waals surface area contributed by atoms with Crippen molar-refractivity contribution in [2.45, 2.75) is 31.1 Å². The van der Waals surface area contributed by atoms with Gasteiger partial charge in [-0.3, -0.25) is 14.8 Å². The lowest BCUT2D eigenvalue weighted by atomic mass is 9.87. The summed E-state index contributed by atoms with van der Waals surface area (Å²) in [5.74, 6) is 0. The Morgan fingerprint density at radius 2 is 1.57 bits per heavy atom. The van der Waals surface area contributed by atoms with Crippen molar-refractivity contribution >= 4 is 21.4 Å². The van der Waals surface area contributed by atoms with Gasteiger partial charge in [-0.25, -0.2) is 8.42 Å². The molecule has 0 atom stereocenters. The molecular formula is C16H18N2O4S. The van der Waals surface area contributed by atoms with Gasteiger partial charge in [-0.05, 0) is 29.2 Å². The van der Waals surface area contributed by atoms with Crippen molar-refractivity contribution in [2.75, 3.05) is 4.72 Å². The van der Waals surface area contributed by atoms with E-state index in [0.717, 1.165) is 5.56 Å². The Hall–Kier alpha value is -2.41. The van der Waals surface area contributed by atoms with Crippen LogP contribution in [0.1, 0.15) is 26.3 Å². The number of para-hydroxylation sites is 2. The minimum Gasteiger partial charge on any atom is -0.273 e. The predicted molar refractivity (Wildman–Crippen MR) is 89.0 cm³/mol. The summed E-state index contributed by atoms with van der Waals surface area (Å²) in [5, 5.41) is 11.0. The van der Waals surface area contributed by atoms with Gasteiger partial charge in [0.15, 0.2) is 0 Å². The van der Waals surface area contributed by atoms with E-state index in [2.05, 4.69) is 4.72 Å². The van der Waals surface area contributed by atoms with Crippen molar-refractivity contribution in [3.63, 3.8) is 0 Å². The number of nitro benzene ring substituents is 1. The zero-order valence-electron chi connectivity index (χ0n) is 13.1. The van der Waals surface area contributed by atoms with E-state index in [-0.39, 0.29) is 21.7 Å². The third-order valence-electron chi connectivity index (χ3n) is 3.38. The van der Waals surface area contributed by atoms with Crippen molar-refractivity contribution in [1.82, 2.24) is 0 Å². The van der Waals surface area contributed by atoms with Gasteiger partial charge in [0.05, 0.1) is 9.82 Å². The van der Waals surface area contributed by atoms with Gasteiger partial charge >= 0.3 is 0 Å². The molecule has 0 aliphatic heterocycles. The number of hydrogen-bond donors (Lipinski definition) is 1. The van der Waals surface area contributed by atoms with Gasteiger partial charge in [0, 0.05) is 6.07 Å². The molecule has 0 fully saturated rings. The summed E-state index contributed by atoms with van der Waals surface area (Å²) >= 11 is 0. The standard InChI is InChI=1S/C16H18N2O4S/c1-16(2,3)12-8-10-13(11-9-12)23(21,22)17-14-6-4-5-7-15(14)18(19)20/h4-11,17H,1-3H3. The first kappa shape index (κ1) is 17.0. The maximum absolute atomic E-state index is 12.4. The van der Waals surface area contributed by atoms with E-state index < -0.39 is 14.9 Å². The molecule has 0 bridgehead atoms. The summed E-state index contributed by atoms with van der Waals surface area (Å²) in [5.41, 5.74) is 0.565. The minimum absolute atomic E-state index is 0.0580. The van der Waals surface area contributed by atoms with E-state index in [0.29, 0.717) is 0 Å². The molecule has 0 aliphatic carbocycles. The highest BCUT2D eigenvalue weighted by Gasteiger charge is 2.21. The normalized spacial score (nSPS) is 12.0. The van der Waals surface area contributed by atoms with Crippen LogP contribution in [-0.2, 0) is 15.4 Å². The largest absolute Gasteiger partial charge is 0.293 e. The van der Waals surface area contributed by atoms with Crippen LogP contribution in [0.25, 0.3) is 0 Å². The number of nitrogens with zero attached hydrogens (tertiary/aromatic N) is 1. The molecule has 0 radical (unpaired) electrons. The van der Waals surface area contributed by atoms with Crippen LogP contribution in [0.3, 0.4) is 0 Å². The molecular weight excluding hydrogens is 316 g/mol. The number of rotatable bonds is 4. The number of anilines is 1. The summed E-state index contributed by atoms with van der Waals surface area (Å²) in [6, 6.07) is 12.1. The van der Waals surface area contributed by atoms with Gasteiger partial charge in [0.25, 0.3) is 15.7 Å². The first-order valence-electron chi connectivity index (χ1n) is 6.98. The second kappa shape index (κ2) is 6.00. The quantitative estimate of drug-likeness (QED) is 0.682. The zero-order chi connectivity index (χ0) is 17.3. The lowest BCUT2D eigenvalue weighted by molar-refractivity contribution is -0.383. The van der Waals surface area contributed by atoms with E-state index in [9.17, 15) is 18.5 Å². The Kier molecular flexibility index (Phi) is 4.42. The highest BCUT2D eigenvalue weighted by molar-refractivity contribution is 7.92. The molecule has 7 heteroatoms. The topological polar surface area (TPSA) is 89.3 Å². The van der Waals surface area contributed by atoms with Crippen LogP contribution in [0.2, 0.25) is 0 Å². The Balaban J connectivity index is 2.35. The van der Waals surface area contributed by atoms with Gasteiger partial charge in [-0.15, -0.1) is 0 Å². The molecule has 0 amide bonds. The Labute approximate surface area is 135 Å². The average molecular weight is 334 g/mol. The second-order valence-electron chi connectivity index (χ2n) is 6.15. The van der Waals surface area contributed by atoms with Gasteiger partial charge in [0.2, 0.25) is 0 Å². The molecule has 0 heterocycles. The highest BCUT2D eigenvalue weighted by Crippen LogP contribution is 2.27. The molecule has 1 N–H and O–H groups in total. The molecule has 0 aromatic heterocycles. The number of hydrogen-bond acceptors (Lipinski definition) is 4. The molecule has 6 nitrogen and oxygen atoms in total. The molecule has 0 spiro atoms. The molecule has 2 rings (SSSR count). The van der Waals surface area contributed by atoms with Crippen LogP contribution in [-0.4, -0.2) is 13.3 Å². The van der Waals surface area contributed by atoms with Crippen LogP contribution < -0.4 is 4.72 Å². The molecule has 0 saturated carbocycles. The first-order valence-corrected chi connectivity index (χ1v) is 8.46. The van der Waals surface area contributed by atoms with Gasteiger partial charge < -0.3 is 0 Å². The molecule has 0 unspecified atom stereocenters. The summed E-state index contributed by atoms with van der Waals surface area (Å²) in [6.45, 7) is 6.09. The van der Waals surface area contributed by atoms with E-state index >= 15 is 0 Å². The van der Waals surface area contributed by atoms with Crippen molar-refractivity contribution < 1.29 is 13.3 Å².